The number of hydrogen-bond acceptors (Lipinski definition) is 5. The molecule has 0 spiro atoms. The number of piperazine rings is 1. The van der Waals surface area contributed by atoms with Crippen LogP contribution in [0, 0.1) is 0 Å². The van der Waals surface area contributed by atoms with Gasteiger partial charge in [0, 0.05) is 55.8 Å². The van der Waals surface area contributed by atoms with E-state index in [0.717, 1.165) is 43.2 Å². The van der Waals surface area contributed by atoms with Crippen molar-refractivity contribution in [3.63, 3.8) is 0 Å². The minimum absolute atomic E-state index is 0.136. The minimum atomic E-state index is -0.887. The number of carbonyl (C=O) groups excluding carboxylic acids is 1. The molecule has 2 aliphatic rings. The molecule has 2 saturated heterocycles. The van der Waals surface area contributed by atoms with E-state index in [1.54, 1.807) is 19.1 Å². The molecule has 0 bridgehead atoms. The van der Waals surface area contributed by atoms with Gasteiger partial charge in [0.2, 0.25) is 5.91 Å². The fourth-order valence-corrected chi connectivity index (χ4v) is 4.74. The Bertz CT molecular complexity index is 948. The van der Waals surface area contributed by atoms with Gasteiger partial charge in [-0.3, -0.25) is 4.79 Å². The molecule has 0 aromatic heterocycles. The summed E-state index contributed by atoms with van der Waals surface area (Å²) in [5.41, 5.74) is 1.91. The molecule has 2 fully saturated rings. The van der Waals surface area contributed by atoms with Crippen molar-refractivity contribution in [2.24, 2.45) is 0 Å². The van der Waals surface area contributed by atoms with Crippen molar-refractivity contribution < 1.29 is 19.0 Å². The number of amides is 1. The van der Waals surface area contributed by atoms with Crippen LogP contribution in [0.25, 0.3) is 0 Å². The SMILES string of the molecule is CCC1(c2ccc(Cl)cc2Cl)OCC(COc2ccc(N3CCN(C(C)=O)CC3)cc2)O1. The molecule has 2 heterocycles. The zero-order valence-corrected chi connectivity index (χ0v) is 19.9. The zero-order valence-electron chi connectivity index (χ0n) is 18.4. The highest BCUT2D eigenvalue weighted by atomic mass is 35.5. The fourth-order valence-electron chi connectivity index (χ4n) is 4.18. The molecule has 2 aliphatic heterocycles. The maximum absolute atomic E-state index is 11.5. The molecular weight excluding hydrogens is 451 g/mol. The van der Waals surface area contributed by atoms with Crippen LogP contribution in [0.5, 0.6) is 5.75 Å². The highest BCUT2D eigenvalue weighted by Gasteiger charge is 2.43. The van der Waals surface area contributed by atoms with E-state index in [1.807, 2.05) is 30.0 Å². The Morgan fingerprint density at radius 1 is 1.12 bits per heavy atom. The van der Waals surface area contributed by atoms with Gasteiger partial charge >= 0.3 is 0 Å². The lowest BCUT2D eigenvalue weighted by Crippen LogP contribution is -2.48. The Morgan fingerprint density at radius 3 is 2.47 bits per heavy atom. The molecule has 2 aromatic rings. The second-order valence-corrected chi connectivity index (χ2v) is 8.92. The molecule has 172 valence electrons. The molecule has 1 amide bonds. The van der Waals surface area contributed by atoms with Crippen LogP contribution < -0.4 is 9.64 Å². The second-order valence-electron chi connectivity index (χ2n) is 8.08. The van der Waals surface area contributed by atoms with E-state index in [-0.39, 0.29) is 12.0 Å². The van der Waals surface area contributed by atoms with Crippen molar-refractivity contribution in [1.29, 1.82) is 0 Å². The average Bonchev–Trinajstić information content (AvgIpc) is 3.22. The minimum Gasteiger partial charge on any atom is -0.491 e. The van der Waals surface area contributed by atoms with E-state index < -0.39 is 5.79 Å². The zero-order chi connectivity index (χ0) is 22.7. The van der Waals surface area contributed by atoms with Crippen LogP contribution in [-0.4, -0.2) is 56.3 Å². The van der Waals surface area contributed by atoms with Crippen LogP contribution >= 0.6 is 23.2 Å². The summed E-state index contributed by atoms with van der Waals surface area (Å²) in [6.07, 6.45) is 0.414. The number of anilines is 1. The van der Waals surface area contributed by atoms with Crippen LogP contribution in [0.3, 0.4) is 0 Å². The first-order valence-electron chi connectivity index (χ1n) is 10.9. The van der Waals surface area contributed by atoms with E-state index in [9.17, 15) is 4.79 Å². The first-order valence-corrected chi connectivity index (χ1v) is 11.7. The summed E-state index contributed by atoms with van der Waals surface area (Å²) in [4.78, 5) is 15.7. The van der Waals surface area contributed by atoms with Gasteiger partial charge in [-0.1, -0.05) is 36.2 Å². The molecule has 2 unspecified atom stereocenters. The molecule has 0 saturated carbocycles. The van der Waals surface area contributed by atoms with Crippen LogP contribution in [0.15, 0.2) is 42.5 Å². The van der Waals surface area contributed by atoms with Crippen LogP contribution in [0.1, 0.15) is 25.8 Å². The van der Waals surface area contributed by atoms with Gasteiger partial charge in [0.05, 0.1) is 11.6 Å². The summed E-state index contributed by atoms with van der Waals surface area (Å²) in [5.74, 6) is 0.0249. The Morgan fingerprint density at radius 2 is 1.84 bits per heavy atom. The van der Waals surface area contributed by atoms with Crippen LogP contribution in [0.2, 0.25) is 10.0 Å². The molecule has 0 N–H and O–H groups in total. The number of halogens is 2. The van der Waals surface area contributed by atoms with E-state index in [4.69, 9.17) is 37.4 Å². The van der Waals surface area contributed by atoms with Crippen molar-refractivity contribution >= 4 is 34.8 Å². The van der Waals surface area contributed by atoms with E-state index in [2.05, 4.69) is 17.0 Å². The predicted molar refractivity (Wildman–Crippen MR) is 126 cm³/mol. The topological polar surface area (TPSA) is 51.2 Å². The van der Waals surface area contributed by atoms with Gasteiger partial charge < -0.3 is 24.0 Å². The van der Waals surface area contributed by atoms with Gasteiger partial charge in [-0.05, 0) is 36.4 Å². The first kappa shape index (κ1) is 23.2. The highest BCUT2D eigenvalue weighted by molar-refractivity contribution is 6.35. The summed E-state index contributed by atoms with van der Waals surface area (Å²) in [6, 6.07) is 13.4. The molecule has 2 atom stereocenters. The number of nitrogens with zero attached hydrogens (tertiary/aromatic N) is 2. The van der Waals surface area contributed by atoms with Crippen molar-refractivity contribution in [1.82, 2.24) is 4.90 Å². The Hall–Kier alpha value is -1.99. The van der Waals surface area contributed by atoms with E-state index >= 15 is 0 Å². The molecular formula is C24H28Cl2N2O4. The quantitative estimate of drug-likeness (QED) is 0.600. The van der Waals surface area contributed by atoms with Crippen LogP contribution in [0.4, 0.5) is 5.69 Å². The van der Waals surface area contributed by atoms with Crippen molar-refractivity contribution in [2.45, 2.75) is 32.2 Å². The van der Waals surface area contributed by atoms with Crippen LogP contribution in [-0.2, 0) is 20.1 Å². The maximum atomic E-state index is 11.5. The van der Waals surface area contributed by atoms with Gasteiger partial charge in [0.1, 0.15) is 18.5 Å². The summed E-state index contributed by atoms with van der Waals surface area (Å²) in [5, 5.41) is 1.10. The molecule has 0 radical (unpaired) electrons. The molecule has 4 rings (SSSR count). The number of carbonyl (C=O) groups is 1. The molecule has 32 heavy (non-hydrogen) atoms. The summed E-state index contributed by atoms with van der Waals surface area (Å²) < 4.78 is 18.3. The third-order valence-corrected chi connectivity index (χ3v) is 6.58. The predicted octanol–water partition coefficient (Wildman–Crippen LogP) is 4.72. The third kappa shape index (κ3) is 4.99. The van der Waals surface area contributed by atoms with Crippen molar-refractivity contribution in [3.05, 3.63) is 58.1 Å². The molecule has 8 heteroatoms. The number of benzene rings is 2. The number of hydrogen-bond donors (Lipinski definition) is 0. The average molecular weight is 479 g/mol. The van der Waals surface area contributed by atoms with Crippen molar-refractivity contribution in [2.75, 3.05) is 44.3 Å². The molecule has 6 nitrogen and oxygen atoms in total. The van der Waals surface area contributed by atoms with E-state index in [0.29, 0.717) is 29.7 Å². The lowest BCUT2D eigenvalue weighted by atomic mass is 10.0. The Kier molecular flexibility index (Phi) is 7.15. The van der Waals surface area contributed by atoms with Gasteiger partial charge in [-0.2, -0.15) is 0 Å². The normalized spacial score (nSPS) is 23.4. The smallest absolute Gasteiger partial charge is 0.219 e. The highest BCUT2D eigenvalue weighted by Crippen LogP contribution is 2.41. The number of ether oxygens (including phenoxy) is 3. The lowest BCUT2D eigenvalue weighted by molar-refractivity contribution is -0.181. The summed E-state index contributed by atoms with van der Waals surface area (Å²) in [7, 11) is 0. The number of rotatable bonds is 6. The second kappa shape index (κ2) is 9.87. The monoisotopic (exact) mass is 478 g/mol. The van der Waals surface area contributed by atoms with Gasteiger partial charge in [-0.15, -0.1) is 0 Å². The van der Waals surface area contributed by atoms with E-state index in [1.165, 1.54) is 0 Å². The third-order valence-electron chi connectivity index (χ3n) is 6.03. The standard InChI is InChI=1S/C24H28Cl2N2O4/c1-3-24(22-9-4-18(25)14-23(22)26)31-16-21(32-24)15-30-20-7-5-19(6-8-20)28-12-10-27(11-13-28)17(2)29/h4-9,14,21H,3,10-13,15-16H2,1-2H3. The Balaban J connectivity index is 1.32. The largest absolute Gasteiger partial charge is 0.491 e. The fraction of sp³-hybridized carbons (Fsp3) is 0.458. The van der Waals surface area contributed by atoms with Crippen molar-refractivity contribution in [3.8, 4) is 5.75 Å². The van der Waals surface area contributed by atoms with Gasteiger partial charge in [-0.25, -0.2) is 0 Å². The van der Waals surface area contributed by atoms with Gasteiger partial charge in [0.15, 0.2) is 5.79 Å². The van der Waals surface area contributed by atoms with Gasteiger partial charge in [0.25, 0.3) is 0 Å². The maximum Gasteiger partial charge on any atom is 0.219 e. The summed E-state index contributed by atoms with van der Waals surface area (Å²) >= 11 is 12.4. The summed E-state index contributed by atoms with van der Waals surface area (Å²) in [6.45, 7) is 7.60. The molecule has 0 aliphatic carbocycles. The molecule has 2 aromatic carbocycles. The Labute approximate surface area is 198 Å². The lowest BCUT2D eigenvalue weighted by Gasteiger charge is -2.35. The first-order chi connectivity index (χ1) is 15.4.